The van der Waals surface area contributed by atoms with E-state index >= 15 is 0 Å². The van der Waals surface area contributed by atoms with Crippen molar-refractivity contribution >= 4 is 40.0 Å². The zero-order chi connectivity index (χ0) is 26.7. The molecule has 10 nitrogen and oxygen atoms in total. The van der Waals surface area contributed by atoms with Gasteiger partial charge in [0.1, 0.15) is 0 Å². The molecule has 1 aromatic heterocycles. The van der Waals surface area contributed by atoms with Gasteiger partial charge in [-0.3, -0.25) is 14.9 Å². The van der Waals surface area contributed by atoms with E-state index in [2.05, 4.69) is 29.5 Å². The number of thiazole rings is 1. The quantitative estimate of drug-likeness (QED) is 0.221. The summed E-state index contributed by atoms with van der Waals surface area (Å²) in [6, 6.07) is 13.3. The number of nitrogens with zero attached hydrogens (tertiary/aromatic N) is 4. The van der Waals surface area contributed by atoms with Crippen molar-refractivity contribution in [2.75, 3.05) is 41.9 Å². The molecule has 4 rings (SSSR count). The number of benzene rings is 2. The van der Waals surface area contributed by atoms with Crippen molar-refractivity contribution in [1.82, 2.24) is 9.88 Å². The number of aromatic nitrogens is 1. The molecule has 1 aliphatic rings. The second kappa shape index (κ2) is 10.9. The number of nitrogens with two attached hydrogens (primary N) is 1. The summed E-state index contributed by atoms with van der Waals surface area (Å²) in [6.07, 6.45) is 1.55. The number of nitrogens with one attached hydrogen (secondary N) is 2. The van der Waals surface area contributed by atoms with Crippen LogP contribution in [-0.4, -0.2) is 41.4 Å². The molecule has 2 heterocycles. The third-order valence-electron chi connectivity index (χ3n) is 6.14. The Morgan fingerprint density at radius 3 is 2.59 bits per heavy atom. The first-order valence-corrected chi connectivity index (χ1v) is 12.8. The van der Waals surface area contributed by atoms with Gasteiger partial charge in [-0.2, -0.15) is 0 Å². The van der Waals surface area contributed by atoms with Crippen molar-refractivity contribution in [3.8, 4) is 0 Å². The van der Waals surface area contributed by atoms with Crippen LogP contribution < -0.4 is 21.3 Å². The van der Waals surface area contributed by atoms with Crippen LogP contribution in [0.25, 0.3) is 0 Å². The number of fused-ring (bicyclic) bond motifs is 1. The van der Waals surface area contributed by atoms with Crippen LogP contribution in [0.5, 0.6) is 0 Å². The fourth-order valence-corrected chi connectivity index (χ4v) is 5.02. The molecule has 37 heavy (non-hydrogen) atoms. The first kappa shape index (κ1) is 26.0. The van der Waals surface area contributed by atoms with Gasteiger partial charge in [-0.15, -0.1) is 11.3 Å². The van der Waals surface area contributed by atoms with Gasteiger partial charge in [0, 0.05) is 43.3 Å². The van der Waals surface area contributed by atoms with Gasteiger partial charge in [0.2, 0.25) is 0 Å². The SMILES string of the molecule is CC(C)c1ccc(N)c(NC(=O)c2nc3c(s2)CN(/C(=C\[N+](=O)[O-])Nc2ccc(N(C)C)cc2)CC3)c1. The molecule has 4 N–H and O–H groups in total. The van der Waals surface area contributed by atoms with Crippen LogP contribution in [0.1, 0.15) is 45.7 Å². The summed E-state index contributed by atoms with van der Waals surface area (Å²) in [7, 11) is 3.90. The molecule has 0 bridgehead atoms. The van der Waals surface area contributed by atoms with E-state index in [4.69, 9.17) is 5.73 Å². The zero-order valence-electron chi connectivity index (χ0n) is 21.3. The summed E-state index contributed by atoms with van der Waals surface area (Å²) >= 11 is 1.29. The summed E-state index contributed by atoms with van der Waals surface area (Å²) in [6.45, 7) is 5.09. The van der Waals surface area contributed by atoms with E-state index in [9.17, 15) is 14.9 Å². The second-order valence-corrected chi connectivity index (χ2v) is 10.5. The number of rotatable bonds is 8. The Hall–Kier alpha value is -4.12. The van der Waals surface area contributed by atoms with Gasteiger partial charge >= 0.3 is 0 Å². The molecule has 2 aromatic carbocycles. The zero-order valence-corrected chi connectivity index (χ0v) is 22.1. The van der Waals surface area contributed by atoms with Crippen molar-refractivity contribution < 1.29 is 9.72 Å². The van der Waals surface area contributed by atoms with Crippen LogP contribution in [0.3, 0.4) is 0 Å². The number of anilines is 4. The molecule has 0 atom stereocenters. The van der Waals surface area contributed by atoms with E-state index in [1.807, 2.05) is 60.3 Å². The Labute approximate surface area is 219 Å². The average molecular weight is 522 g/mol. The van der Waals surface area contributed by atoms with Gasteiger partial charge < -0.3 is 26.2 Å². The van der Waals surface area contributed by atoms with Gasteiger partial charge in [0.15, 0.2) is 10.8 Å². The Kier molecular flexibility index (Phi) is 7.63. The molecule has 0 radical (unpaired) electrons. The third kappa shape index (κ3) is 6.18. The number of amides is 1. The van der Waals surface area contributed by atoms with Crippen LogP contribution in [0.15, 0.2) is 54.5 Å². The van der Waals surface area contributed by atoms with Gasteiger partial charge in [-0.1, -0.05) is 19.9 Å². The number of nitrogen functional groups attached to an aromatic ring is 1. The summed E-state index contributed by atoms with van der Waals surface area (Å²) in [4.78, 5) is 33.2. The number of nitro groups is 1. The van der Waals surface area contributed by atoms with Crippen molar-refractivity contribution in [3.05, 3.63) is 85.7 Å². The lowest BCUT2D eigenvalue weighted by Crippen LogP contribution is -2.33. The highest BCUT2D eigenvalue weighted by atomic mass is 32.1. The molecule has 194 valence electrons. The maximum absolute atomic E-state index is 13.0. The van der Waals surface area contributed by atoms with E-state index in [0.717, 1.165) is 33.7 Å². The number of hydrogen-bond acceptors (Lipinski definition) is 9. The Bertz CT molecular complexity index is 1330. The van der Waals surface area contributed by atoms with Gasteiger partial charge in [0.25, 0.3) is 12.1 Å². The number of hydrogen-bond donors (Lipinski definition) is 3. The fourth-order valence-electron chi connectivity index (χ4n) is 4.00. The molecule has 3 aromatic rings. The monoisotopic (exact) mass is 521 g/mol. The highest BCUT2D eigenvalue weighted by molar-refractivity contribution is 7.13. The van der Waals surface area contributed by atoms with Crippen LogP contribution in [0.4, 0.5) is 22.7 Å². The Balaban J connectivity index is 1.50. The fraction of sp³-hybridized carbons (Fsp3) is 0.308. The van der Waals surface area contributed by atoms with Crippen LogP contribution in [0, 0.1) is 10.1 Å². The van der Waals surface area contributed by atoms with Crippen LogP contribution in [0.2, 0.25) is 0 Å². The van der Waals surface area contributed by atoms with Gasteiger partial charge in [-0.05, 0) is 47.9 Å². The third-order valence-corrected chi connectivity index (χ3v) is 7.22. The highest BCUT2D eigenvalue weighted by Crippen LogP contribution is 2.30. The molecule has 1 aliphatic heterocycles. The standard InChI is InChI=1S/C26H31N7O3S/c1-16(2)17-5-10-20(27)22(13-17)29-25(34)26-30-21-11-12-32(14-23(21)37-26)24(15-33(35)36)28-18-6-8-19(9-7-18)31(3)4/h5-10,13,15-16,28H,11-12,14,27H2,1-4H3,(H,29,34)/b24-15-. The molecule has 11 heteroatoms. The van der Waals surface area contributed by atoms with Crippen LogP contribution in [-0.2, 0) is 13.0 Å². The van der Waals surface area contributed by atoms with Crippen LogP contribution >= 0.6 is 11.3 Å². The smallest absolute Gasteiger partial charge is 0.284 e. The average Bonchev–Trinajstić information content (AvgIpc) is 3.28. The molecular weight excluding hydrogens is 490 g/mol. The summed E-state index contributed by atoms with van der Waals surface area (Å²) in [5.41, 5.74) is 10.8. The molecule has 0 spiro atoms. The Morgan fingerprint density at radius 2 is 1.95 bits per heavy atom. The molecule has 1 amide bonds. The molecule has 0 fully saturated rings. The van der Waals surface area contributed by atoms with E-state index < -0.39 is 4.92 Å². The minimum atomic E-state index is -0.465. The lowest BCUT2D eigenvalue weighted by Gasteiger charge is -2.29. The van der Waals surface area contributed by atoms with E-state index in [0.29, 0.717) is 47.6 Å². The number of carbonyl (C=O) groups excluding carboxylic acids is 1. The Morgan fingerprint density at radius 1 is 1.22 bits per heavy atom. The molecule has 0 saturated heterocycles. The summed E-state index contributed by atoms with van der Waals surface area (Å²) in [5, 5.41) is 17.8. The molecule has 0 unspecified atom stereocenters. The lowest BCUT2D eigenvalue weighted by molar-refractivity contribution is -0.404. The number of carbonyl (C=O) groups is 1. The maximum atomic E-state index is 13.0. The normalized spacial score (nSPS) is 13.3. The van der Waals surface area contributed by atoms with E-state index in [1.165, 1.54) is 11.3 Å². The van der Waals surface area contributed by atoms with Crippen molar-refractivity contribution in [1.29, 1.82) is 0 Å². The first-order valence-electron chi connectivity index (χ1n) is 11.9. The maximum Gasteiger partial charge on any atom is 0.284 e. The van der Waals surface area contributed by atoms with Crippen molar-refractivity contribution in [2.45, 2.75) is 32.7 Å². The summed E-state index contributed by atoms with van der Waals surface area (Å²) in [5.74, 6) is 0.361. The topological polar surface area (TPSA) is 130 Å². The lowest BCUT2D eigenvalue weighted by atomic mass is 10.0. The highest BCUT2D eigenvalue weighted by Gasteiger charge is 2.26. The predicted octanol–water partition coefficient (Wildman–Crippen LogP) is 4.71. The van der Waals surface area contributed by atoms with E-state index in [-0.39, 0.29) is 5.91 Å². The molecular formula is C26H31N7O3S. The first-order chi connectivity index (χ1) is 17.6. The molecule has 0 saturated carbocycles. The van der Waals surface area contributed by atoms with E-state index in [1.54, 1.807) is 6.07 Å². The van der Waals surface area contributed by atoms with Gasteiger partial charge in [0.05, 0.1) is 28.5 Å². The second-order valence-electron chi connectivity index (χ2n) is 9.38. The minimum absolute atomic E-state index is 0.301. The molecule has 0 aliphatic carbocycles. The largest absolute Gasteiger partial charge is 0.397 e. The summed E-state index contributed by atoms with van der Waals surface area (Å²) < 4.78 is 0. The van der Waals surface area contributed by atoms with Crippen molar-refractivity contribution in [3.63, 3.8) is 0 Å². The predicted molar refractivity (Wildman–Crippen MR) is 149 cm³/mol. The van der Waals surface area contributed by atoms with Crippen molar-refractivity contribution in [2.24, 2.45) is 0 Å². The minimum Gasteiger partial charge on any atom is -0.397 e. The van der Waals surface area contributed by atoms with Gasteiger partial charge in [-0.25, -0.2) is 4.98 Å².